The smallest absolute Gasteiger partial charge is 0.279 e. The second-order valence-electron chi connectivity index (χ2n) is 9.83. The molecule has 1 saturated carbocycles. The molecule has 3 aromatic carbocycles. The van der Waals surface area contributed by atoms with Crippen molar-refractivity contribution in [3.8, 4) is 0 Å². The summed E-state index contributed by atoms with van der Waals surface area (Å²) >= 11 is 0. The Labute approximate surface area is 231 Å². The Kier molecular flexibility index (Phi) is 8.05. The molecule has 1 aliphatic heterocycles. The summed E-state index contributed by atoms with van der Waals surface area (Å²) < 4.78 is 0. The number of nitrogens with zero attached hydrogens (tertiary/aromatic N) is 1. The summed E-state index contributed by atoms with van der Waals surface area (Å²) in [5, 5.41) is 12.1. The molecule has 3 N–H and O–H groups in total. The zero-order chi connectivity index (χ0) is 28.0. The van der Waals surface area contributed by atoms with Crippen molar-refractivity contribution in [2.75, 3.05) is 19.7 Å². The molecule has 9 heteroatoms. The van der Waals surface area contributed by atoms with Crippen LogP contribution in [0.4, 0.5) is 0 Å². The first kappa shape index (κ1) is 26.9. The van der Waals surface area contributed by atoms with Gasteiger partial charge in [-0.05, 0) is 53.3 Å². The highest BCUT2D eigenvalue weighted by molar-refractivity contribution is 6.00. The molecule has 204 valence electrons. The van der Waals surface area contributed by atoms with Crippen molar-refractivity contribution >= 4 is 34.4 Å². The van der Waals surface area contributed by atoms with E-state index in [1.807, 2.05) is 12.1 Å². The molecule has 1 aliphatic carbocycles. The molecule has 0 atom stereocenters. The number of hydrogen-bond donors (Lipinski definition) is 3. The highest BCUT2D eigenvalue weighted by Crippen LogP contribution is 2.46. The molecule has 0 spiro atoms. The third kappa shape index (κ3) is 6.12. The van der Waals surface area contributed by atoms with Crippen LogP contribution in [0.2, 0.25) is 0 Å². The third-order valence-corrected chi connectivity index (χ3v) is 7.09. The average molecular weight is 539 g/mol. The van der Waals surface area contributed by atoms with Gasteiger partial charge in [0.1, 0.15) is 0 Å². The minimum atomic E-state index is -0.667. The molecule has 0 bridgehead atoms. The van der Waals surface area contributed by atoms with E-state index in [1.165, 1.54) is 17.2 Å². The van der Waals surface area contributed by atoms with E-state index in [9.17, 15) is 19.2 Å². The highest BCUT2D eigenvalue weighted by Gasteiger charge is 2.46. The summed E-state index contributed by atoms with van der Waals surface area (Å²) in [7, 11) is 0. The standard InChI is InChI=1S/C31H30N4O5/c36-21-27(30(39)32-16-5-11-28(37)35-17-6-18-40-35)33-20-24-9-3-4-10-26(24)29(38)34-31(14-15-31)25-13-12-22-7-1-2-8-23(22)19-25/h1-5,7-13,19,33H,6,14-18,20H2,(H,32,39)(H,34,38)/b11-5+. The number of benzene rings is 3. The average Bonchev–Trinajstić information content (AvgIpc) is 3.54. The van der Waals surface area contributed by atoms with Crippen molar-refractivity contribution in [3.05, 3.63) is 101 Å². The molecule has 3 aromatic rings. The number of fused-ring (bicyclic) bond motifs is 1. The Morgan fingerprint density at radius 2 is 1.75 bits per heavy atom. The van der Waals surface area contributed by atoms with E-state index >= 15 is 0 Å². The zero-order valence-electron chi connectivity index (χ0n) is 21.9. The summed E-state index contributed by atoms with van der Waals surface area (Å²) in [4.78, 5) is 54.4. The Balaban J connectivity index is 1.18. The second-order valence-corrected chi connectivity index (χ2v) is 9.83. The topological polar surface area (TPSA) is 117 Å². The van der Waals surface area contributed by atoms with Crippen molar-refractivity contribution in [2.24, 2.45) is 0 Å². The van der Waals surface area contributed by atoms with Crippen molar-refractivity contribution in [1.82, 2.24) is 21.0 Å². The van der Waals surface area contributed by atoms with Gasteiger partial charge in [-0.25, -0.2) is 9.86 Å². The van der Waals surface area contributed by atoms with E-state index in [0.717, 1.165) is 35.6 Å². The van der Waals surface area contributed by atoms with Crippen LogP contribution in [0.15, 0.2) is 84.6 Å². The Morgan fingerprint density at radius 1 is 0.975 bits per heavy atom. The quantitative estimate of drug-likeness (QED) is 0.270. The number of hydroxylamine groups is 2. The molecule has 9 nitrogen and oxygen atoms in total. The Hall–Kier alpha value is -4.72. The minimum absolute atomic E-state index is 0.0428. The van der Waals surface area contributed by atoms with Crippen LogP contribution in [0.3, 0.4) is 0 Å². The van der Waals surface area contributed by atoms with Gasteiger partial charge in [0.05, 0.1) is 18.7 Å². The molecule has 40 heavy (non-hydrogen) atoms. The predicted octanol–water partition coefficient (Wildman–Crippen LogP) is 2.90. The molecule has 0 radical (unpaired) electrons. The van der Waals surface area contributed by atoms with Gasteiger partial charge < -0.3 is 16.0 Å². The van der Waals surface area contributed by atoms with Gasteiger partial charge in [0.2, 0.25) is 0 Å². The monoisotopic (exact) mass is 538 g/mol. The van der Waals surface area contributed by atoms with Crippen molar-refractivity contribution in [1.29, 1.82) is 0 Å². The number of hydrogen-bond acceptors (Lipinski definition) is 6. The summed E-state index contributed by atoms with van der Waals surface area (Å²) in [5.74, 6) is 0.429. The first-order chi connectivity index (χ1) is 19.5. The van der Waals surface area contributed by atoms with Gasteiger partial charge in [-0.3, -0.25) is 19.2 Å². The molecule has 5 rings (SSSR count). The van der Waals surface area contributed by atoms with Gasteiger partial charge in [-0.1, -0.05) is 60.7 Å². The Morgan fingerprint density at radius 3 is 2.50 bits per heavy atom. The maximum absolute atomic E-state index is 13.4. The maximum atomic E-state index is 13.4. The van der Waals surface area contributed by atoms with Crippen LogP contribution < -0.4 is 16.0 Å². The van der Waals surface area contributed by atoms with E-state index < -0.39 is 11.4 Å². The van der Waals surface area contributed by atoms with Crippen LogP contribution in [0, 0.1) is 0 Å². The predicted molar refractivity (Wildman–Crippen MR) is 149 cm³/mol. The van der Waals surface area contributed by atoms with Crippen LogP contribution in [0.25, 0.3) is 10.8 Å². The summed E-state index contributed by atoms with van der Waals surface area (Å²) in [5.41, 5.74) is 1.45. The lowest BCUT2D eigenvalue weighted by Crippen LogP contribution is -2.36. The van der Waals surface area contributed by atoms with E-state index in [-0.39, 0.29) is 30.6 Å². The molecule has 3 amide bonds. The van der Waals surface area contributed by atoms with Gasteiger partial charge in [0.15, 0.2) is 11.6 Å². The van der Waals surface area contributed by atoms with Gasteiger partial charge >= 0.3 is 0 Å². The summed E-state index contributed by atoms with van der Waals surface area (Å²) in [6.07, 6.45) is 5.27. The van der Waals surface area contributed by atoms with Crippen molar-refractivity contribution in [3.63, 3.8) is 0 Å². The molecule has 2 aliphatic rings. The maximum Gasteiger partial charge on any atom is 0.279 e. The fraction of sp³-hybridized carbons (Fsp3) is 0.258. The summed E-state index contributed by atoms with van der Waals surface area (Å²) in [6.45, 7) is 1.15. The molecule has 0 unspecified atom stereocenters. The fourth-order valence-corrected chi connectivity index (χ4v) is 4.73. The zero-order valence-corrected chi connectivity index (χ0v) is 21.9. The van der Waals surface area contributed by atoms with Crippen LogP contribution in [-0.2, 0) is 31.3 Å². The van der Waals surface area contributed by atoms with Crippen LogP contribution in [-0.4, -0.2) is 48.4 Å². The lowest BCUT2D eigenvalue weighted by Gasteiger charge is -2.20. The Bertz CT molecular complexity index is 1510. The number of amides is 3. The number of rotatable bonds is 10. The first-order valence-electron chi connectivity index (χ1n) is 13.3. The first-order valence-corrected chi connectivity index (χ1v) is 13.3. The lowest BCUT2D eigenvalue weighted by atomic mass is 9.99. The van der Waals surface area contributed by atoms with E-state index in [4.69, 9.17) is 4.84 Å². The van der Waals surface area contributed by atoms with Gasteiger partial charge in [0.25, 0.3) is 17.7 Å². The van der Waals surface area contributed by atoms with Gasteiger partial charge in [-0.2, -0.15) is 0 Å². The molecule has 1 heterocycles. The molecular weight excluding hydrogens is 508 g/mol. The summed E-state index contributed by atoms with van der Waals surface area (Å²) in [6, 6.07) is 21.4. The molecular formula is C31H30N4O5. The third-order valence-electron chi connectivity index (χ3n) is 7.09. The van der Waals surface area contributed by atoms with E-state index in [2.05, 4.69) is 46.3 Å². The van der Waals surface area contributed by atoms with E-state index in [1.54, 1.807) is 30.2 Å². The molecule has 2 fully saturated rings. The molecule has 1 saturated heterocycles. The van der Waals surface area contributed by atoms with E-state index in [0.29, 0.717) is 24.3 Å². The largest absolute Gasteiger partial charge is 0.367 e. The number of nitrogens with one attached hydrogen (secondary N) is 3. The number of carbonyl (C=O) groups excluding carboxylic acids is 4. The fourth-order valence-electron chi connectivity index (χ4n) is 4.73. The lowest BCUT2D eigenvalue weighted by molar-refractivity contribution is -0.162. The normalized spacial score (nSPS) is 15.4. The van der Waals surface area contributed by atoms with Crippen LogP contribution >= 0.6 is 0 Å². The SMILES string of the molecule is O=C=C(NCc1ccccc1C(=O)NC1(c2ccc3ccccc3c2)CC1)C(=O)NC/C=C/C(=O)N1CCCO1. The van der Waals surface area contributed by atoms with Gasteiger partial charge in [-0.15, -0.1) is 0 Å². The molecule has 0 aromatic heterocycles. The van der Waals surface area contributed by atoms with Crippen LogP contribution in [0.1, 0.15) is 40.7 Å². The van der Waals surface area contributed by atoms with Crippen LogP contribution in [0.5, 0.6) is 0 Å². The van der Waals surface area contributed by atoms with Crippen molar-refractivity contribution < 1.29 is 24.0 Å². The van der Waals surface area contributed by atoms with Gasteiger partial charge in [0, 0.05) is 24.7 Å². The van der Waals surface area contributed by atoms with Crippen molar-refractivity contribution in [2.45, 2.75) is 31.3 Å². The highest BCUT2D eigenvalue weighted by atomic mass is 16.7. The number of carbonyl (C=O) groups is 3. The minimum Gasteiger partial charge on any atom is -0.367 e. The second kappa shape index (κ2) is 12.0.